The van der Waals surface area contributed by atoms with Crippen LogP contribution in [0.4, 0.5) is 0 Å². The number of ether oxygens (including phenoxy) is 2. The molecule has 0 aromatic heterocycles. The quantitative estimate of drug-likeness (QED) is 0.236. The molecule has 0 amide bonds. The molecule has 0 bridgehead atoms. The van der Waals surface area contributed by atoms with Crippen LogP contribution in [0.25, 0.3) is 12.2 Å². The van der Waals surface area contributed by atoms with E-state index in [0.29, 0.717) is 13.2 Å². The fraction of sp³-hybridized carbons (Fsp3) is 0.147. The van der Waals surface area contributed by atoms with Gasteiger partial charge in [-0.2, -0.15) is 0 Å². The van der Waals surface area contributed by atoms with Crippen molar-refractivity contribution in [3.8, 4) is 11.5 Å². The molecule has 5 rings (SSSR count). The smallest absolute Gasteiger partial charge is 0.185 e. The summed E-state index contributed by atoms with van der Waals surface area (Å²) in [6.45, 7) is 0.972. The third kappa shape index (κ3) is 6.45. The predicted octanol–water partition coefficient (Wildman–Crippen LogP) is 8.06. The molecule has 37 heavy (non-hydrogen) atoms. The Morgan fingerprint density at radius 1 is 0.541 bits per heavy atom. The molecule has 184 valence electrons. The number of Topliss-reactive ketones (excluding diaryl/α,β-unsaturated/α-hetero) is 1. The van der Waals surface area contributed by atoms with Crippen LogP contribution in [0.15, 0.2) is 120 Å². The number of ketones is 1. The van der Waals surface area contributed by atoms with E-state index in [-0.39, 0.29) is 5.78 Å². The van der Waals surface area contributed by atoms with Crippen molar-refractivity contribution >= 4 is 17.9 Å². The number of allylic oxidation sites excluding steroid dienone is 2. The van der Waals surface area contributed by atoms with Crippen LogP contribution >= 0.6 is 0 Å². The maximum Gasteiger partial charge on any atom is 0.185 e. The number of hydrogen-bond acceptors (Lipinski definition) is 3. The minimum atomic E-state index is 0.0991. The maximum atomic E-state index is 13.5. The number of carbonyl (C=O) groups excluding carboxylic acids is 1. The van der Waals surface area contributed by atoms with Gasteiger partial charge < -0.3 is 9.47 Å². The van der Waals surface area contributed by atoms with Crippen molar-refractivity contribution in [2.75, 3.05) is 0 Å². The lowest BCUT2D eigenvalue weighted by Crippen LogP contribution is -2.12. The van der Waals surface area contributed by atoms with E-state index in [4.69, 9.17) is 9.47 Å². The van der Waals surface area contributed by atoms with E-state index < -0.39 is 0 Å². The zero-order valence-electron chi connectivity index (χ0n) is 20.8. The molecule has 1 aliphatic rings. The monoisotopic (exact) mass is 486 g/mol. The molecule has 0 N–H and O–H groups in total. The average Bonchev–Trinajstić information content (AvgIpc) is 2.95. The molecule has 4 aromatic rings. The van der Waals surface area contributed by atoms with Crippen molar-refractivity contribution in [3.05, 3.63) is 143 Å². The minimum absolute atomic E-state index is 0.0991. The molecule has 0 saturated heterocycles. The van der Waals surface area contributed by atoms with Gasteiger partial charge in [0.25, 0.3) is 0 Å². The highest BCUT2D eigenvalue weighted by atomic mass is 16.5. The Labute approximate surface area is 218 Å². The molecule has 0 atom stereocenters. The molecular formula is C34H30O3. The van der Waals surface area contributed by atoms with Crippen molar-refractivity contribution in [2.24, 2.45) is 0 Å². The molecule has 0 aliphatic heterocycles. The summed E-state index contributed by atoms with van der Waals surface area (Å²) in [6.07, 6.45) is 6.44. The summed E-state index contributed by atoms with van der Waals surface area (Å²) < 4.78 is 12.2. The predicted molar refractivity (Wildman–Crippen MR) is 149 cm³/mol. The Bertz CT molecular complexity index is 1290. The molecule has 0 radical (unpaired) electrons. The Morgan fingerprint density at radius 3 is 1.41 bits per heavy atom. The maximum absolute atomic E-state index is 13.5. The van der Waals surface area contributed by atoms with Crippen molar-refractivity contribution in [2.45, 2.75) is 32.5 Å². The van der Waals surface area contributed by atoms with E-state index in [2.05, 4.69) is 0 Å². The fourth-order valence-electron chi connectivity index (χ4n) is 4.49. The molecule has 4 aromatic carbocycles. The largest absolute Gasteiger partial charge is 0.488 e. The highest BCUT2D eigenvalue weighted by Crippen LogP contribution is 2.32. The second kappa shape index (κ2) is 12.0. The van der Waals surface area contributed by atoms with E-state index in [1.165, 1.54) is 0 Å². The second-order valence-electron chi connectivity index (χ2n) is 9.15. The molecule has 3 heteroatoms. The van der Waals surface area contributed by atoms with E-state index in [0.717, 1.165) is 64.2 Å². The van der Waals surface area contributed by atoms with E-state index >= 15 is 0 Å². The molecule has 0 spiro atoms. The lowest BCUT2D eigenvalue weighted by Gasteiger charge is -2.18. The van der Waals surface area contributed by atoms with Crippen LogP contribution in [-0.2, 0) is 18.0 Å². The van der Waals surface area contributed by atoms with Gasteiger partial charge in [0.05, 0.1) is 0 Å². The van der Waals surface area contributed by atoms with Crippen molar-refractivity contribution < 1.29 is 14.3 Å². The highest BCUT2D eigenvalue weighted by molar-refractivity contribution is 6.14. The summed E-state index contributed by atoms with van der Waals surface area (Å²) >= 11 is 0. The van der Waals surface area contributed by atoms with Gasteiger partial charge in [-0.15, -0.1) is 0 Å². The summed E-state index contributed by atoms with van der Waals surface area (Å²) in [5, 5.41) is 0. The van der Waals surface area contributed by atoms with Crippen molar-refractivity contribution in [3.63, 3.8) is 0 Å². The molecule has 0 heterocycles. The fourth-order valence-corrected chi connectivity index (χ4v) is 4.49. The molecule has 0 unspecified atom stereocenters. The Balaban J connectivity index is 1.34. The Morgan fingerprint density at radius 2 is 0.946 bits per heavy atom. The lowest BCUT2D eigenvalue weighted by atomic mass is 9.86. The summed E-state index contributed by atoms with van der Waals surface area (Å²) in [7, 11) is 0. The van der Waals surface area contributed by atoms with E-state index in [9.17, 15) is 4.79 Å². The number of hydrogen-bond donors (Lipinski definition) is 0. The van der Waals surface area contributed by atoms with Gasteiger partial charge in [-0.25, -0.2) is 0 Å². The molecule has 1 fully saturated rings. The van der Waals surface area contributed by atoms with Crippen LogP contribution in [-0.4, -0.2) is 5.78 Å². The standard InChI is InChI=1S/C34H30O3/c35-34-30(22-28-16-7-9-20-32(28)36-24-26-12-3-1-4-13-26)18-11-19-31(34)23-29-17-8-10-21-33(29)37-25-27-14-5-2-6-15-27/h1-10,12-17,20-23H,11,18-19,24-25H2. The Hall–Kier alpha value is -4.37. The van der Waals surface area contributed by atoms with Gasteiger partial charge in [-0.1, -0.05) is 97.1 Å². The zero-order chi connectivity index (χ0) is 25.3. The van der Waals surface area contributed by atoms with Gasteiger partial charge in [-0.3, -0.25) is 4.79 Å². The summed E-state index contributed by atoms with van der Waals surface area (Å²) in [6, 6.07) is 36.0. The lowest BCUT2D eigenvalue weighted by molar-refractivity contribution is -0.112. The second-order valence-corrected chi connectivity index (χ2v) is 9.15. The van der Waals surface area contributed by atoms with Crippen LogP contribution in [0.1, 0.15) is 41.5 Å². The third-order valence-electron chi connectivity index (χ3n) is 6.45. The normalized spacial score (nSPS) is 15.6. The van der Waals surface area contributed by atoms with Crippen molar-refractivity contribution in [1.29, 1.82) is 0 Å². The zero-order valence-corrected chi connectivity index (χ0v) is 20.8. The van der Waals surface area contributed by atoms with Gasteiger partial charge in [0.15, 0.2) is 5.78 Å². The number of carbonyl (C=O) groups is 1. The average molecular weight is 487 g/mol. The van der Waals surface area contributed by atoms with Gasteiger partial charge in [0.2, 0.25) is 0 Å². The third-order valence-corrected chi connectivity index (χ3v) is 6.45. The van der Waals surface area contributed by atoms with E-state index in [1.54, 1.807) is 0 Å². The Kier molecular flexibility index (Phi) is 7.92. The number of benzene rings is 4. The first-order valence-electron chi connectivity index (χ1n) is 12.7. The van der Waals surface area contributed by atoms with Gasteiger partial charge in [-0.05, 0) is 54.7 Å². The first-order valence-corrected chi connectivity index (χ1v) is 12.7. The van der Waals surface area contributed by atoms with Gasteiger partial charge in [0.1, 0.15) is 24.7 Å². The first kappa shape index (κ1) is 24.3. The molecule has 1 aliphatic carbocycles. The number of para-hydroxylation sites is 2. The van der Waals surface area contributed by atoms with Crippen LogP contribution in [0.3, 0.4) is 0 Å². The summed E-state index contributed by atoms with van der Waals surface area (Å²) in [5.41, 5.74) is 5.70. The van der Waals surface area contributed by atoms with Crippen LogP contribution < -0.4 is 9.47 Å². The number of rotatable bonds is 8. The highest BCUT2D eigenvalue weighted by Gasteiger charge is 2.21. The molecule has 1 saturated carbocycles. The van der Waals surface area contributed by atoms with Crippen molar-refractivity contribution in [1.82, 2.24) is 0 Å². The van der Waals surface area contributed by atoms with Gasteiger partial charge in [0, 0.05) is 22.3 Å². The van der Waals surface area contributed by atoms with Crippen LogP contribution in [0.5, 0.6) is 11.5 Å². The molecular weight excluding hydrogens is 456 g/mol. The summed E-state index contributed by atoms with van der Waals surface area (Å²) in [4.78, 5) is 13.5. The topological polar surface area (TPSA) is 35.5 Å². The van der Waals surface area contributed by atoms with Crippen LogP contribution in [0.2, 0.25) is 0 Å². The SMILES string of the molecule is O=C1C(=Cc2ccccc2OCc2ccccc2)CCCC1=Cc1ccccc1OCc1ccccc1. The van der Waals surface area contributed by atoms with Gasteiger partial charge >= 0.3 is 0 Å². The minimum Gasteiger partial charge on any atom is -0.488 e. The first-order chi connectivity index (χ1) is 18.3. The summed E-state index contributed by atoms with van der Waals surface area (Å²) in [5.74, 6) is 1.66. The van der Waals surface area contributed by atoms with E-state index in [1.807, 2.05) is 121 Å². The van der Waals surface area contributed by atoms with Crippen LogP contribution in [0, 0.1) is 0 Å². The molecule has 3 nitrogen and oxygen atoms in total.